The van der Waals surface area contributed by atoms with E-state index in [0.29, 0.717) is 29.5 Å². The highest BCUT2D eigenvalue weighted by Gasteiger charge is 2.38. The zero-order valence-corrected chi connectivity index (χ0v) is 19.2. The molecule has 32 heavy (non-hydrogen) atoms. The predicted octanol–water partition coefficient (Wildman–Crippen LogP) is 2.98. The molecule has 12 heteroatoms. The quantitative estimate of drug-likeness (QED) is 0.310. The number of hydrogen-bond donors (Lipinski definition) is 0. The third-order valence-corrected chi connectivity index (χ3v) is 9.45. The van der Waals surface area contributed by atoms with E-state index < -0.39 is 26.9 Å². The predicted molar refractivity (Wildman–Crippen MR) is 122 cm³/mol. The zero-order chi connectivity index (χ0) is 22.9. The van der Waals surface area contributed by atoms with Gasteiger partial charge in [-0.3, -0.25) is 14.9 Å². The molecule has 3 heterocycles. The second-order valence-electron chi connectivity index (χ2n) is 7.09. The van der Waals surface area contributed by atoms with E-state index in [4.69, 9.17) is 6.42 Å². The molecule has 4 rings (SSSR count). The molecule has 9 nitrogen and oxygen atoms in total. The molecule has 0 saturated carbocycles. The molecule has 1 aromatic carbocycles. The summed E-state index contributed by atoms with van der Waals surface area (Å²) >= 11 is 2.21. The van der Waals surface area contributed by atoms with Gasteiger partial charge in [-0.25, -0.2) is 8.42 Å². The number of sulfonamides is 1. The number of aromatic nitrogens is 1. The van der Waals surface area contributed by atoms with E-state index in [-0.39, 0.29) is 27.8 Å². The molecule has 0 bridgehead atoms. The molecular weight excluding hydrogens is 472 g/mol. The maximum atomic E-state index is 13.2. The highest BCUT2D eigenvalue weighted by atomic mass is 32.2. The minimum Gasteiger partial charge on any atom is -0.305 e. The molecule has 0 radical (unpaired) electrons. The Hall–Kier alpha value is -2.85. The van der Waals surface area contributed by atoms with Gasteiger partial charge < -0.3 is 4.57 Å². The van der Waals surface area contributed by atoms with Crippen molar-refractivity contribution in [2.75, 3.05) is 6.54 Å². The van der Waals surface area contributed by atoms with Crippen molar-refractivity contribution in [3.05, 3.63) is 50.6 Å². The number of amides is 1. The van der Waals surface area contributed by atoms with Crippen molar-refractivity contribution in [1.29, 1.82) is 0 Å². The monoisotopic (exact) mass is 490 g/mol. The summed E-state index contributed by atoms with van der Waals surface area (Å²) in [6, 6.07) is 6.61. The van der Waals surface area contributed by atoms with Gasteiger partial charge in [0.15, 0.2) is 4.80 Å². The van der Waals surface area contributed by atoms with Gasteiger partial charge in [0, 0.05) is 18.7 Å². The number of rotatable bonds is 5. The van der Waals surface area contributed by atoms with E-state index in [1.807, 2.05) is 0 Å². The number of fused-ring (bicyclic) bond motifs is 1. The zero-order valence-electron chi connectivity index (χ0n) is 16.7. The first kappa shape index (κ1) is 22.3. The summed E-state index contributed by atoms with van der Waals surface area (Å²) in [5.41, 5.74) is 0.543. The fourth-order valence-corrected chi connectivity index (χ4v) is 7.48. The topological polar surface area (TPSA) is 115 Å². The van der Waals surface area contributed by atoms with Crippen LogP contribution in [0.4, 0.5) is 5.69 Å². The van der Waals surface area contributed by atoms with Gasteiger partial charge in [0.25, 0.3) is 21.6 Å². The first-order valence-corrected chi connectivity index (χ1v) is 12.8. The van der Waals surface area contributed by atoms with Crippen LogP contribution in [0.25, 0.3) is 10.2 Å². The van der Waals surface area contributed by atoms with Gasteiger partial charge in [0.2, 0.25) is 0 Å². The van der Waals surface area contributed by atoms with Crippen molar-refractivity contribution in [2.24, 2.45) is 4.99 Å². The number of hydrogen-bond acceptors (Lipinski definition) is 7. The van der Waals surface area contributed by atoms with Crippen molar-refractivity contribution < 1.29 is 18.1 Å². The maximum absolute atomic E-state index is 13.2. The number of nitrogens with zero attached hydrogens (tertiary/aromatic N) is 4. The van der Waals surface area contributed by atoms with Gasteiger partial charge in [0.1, 0.15) is 10.3 Å². The van der Waals surface area contributed by atoms with Crippen LogP contribution in [0.2, 0.25) is 0 Å². The maximum Gasteiger partial charge on any atom is 0.270 e. The Morgan fingerprint density at radius 2 is 2.16 bits per heavy atom. The summed E-state index contributed by atoms with van der Waals surface area (Å²) in [6.45, 7) is 0.362. The molecule has 1 atom stereocenters. The number of nitro groups is 1. The molecule has 1 unspecified atom stereocenters. The number of non-ortho nitro benzene ring substituents is 1. The van der Waals surface area contributed by atoms with E-state index >= 15 is 0 Å². The van der Waals surface area contributed by atoms with Gasteiger partial charge in [-0.2, -0.15) is 9.30 Å². The summed E-state index contributed by atoms with van der Waals surface area (Å²) < 4.78 is 29.8. The highest BCUT2D eigenvalue weighted by Crippen LogP contribution is 2.29. The van der Waals surface area contributed by atoms with Crippen molar-refractivity contribution in [2.45, 2.75) is 36.1 Å². The van der Waals surface area contributed by atoms with Crippen LogP contribution in [0.1, 0.15) is 19.3 Å². The van der Waals surface area contributed by atoms with Gasteiger partial charge >= 0.3 is 0 Å². The average Bonchev–Trinajstić information content (AvgIpc) is 3.43. The van der Waals surface area contributed by atoms with E-state index in [2.05, 4.69) is 10.9 Å². The minimum atomic E-state index is -3.80. The molecule has 0 spiro atoms. The first-order valence-electron chi connectivity index (χ1n) is 9.68. The van der Waals surface area contributed by atoms with Crippen LogP contribution >= 0.6 is 22.7 Å². The van der Waals surface area contributed by atoms with Crippen LogP contribution in [-0.4, -0.2) is 40.7 Å². The summed E-state index contributed by atoms with van der Waals surface area (Å²) in [5, 5.41) is 12.8. The van der Waals surface area contributed by atoms with E-state index in [1.54, 1.807) is 22.1 Å². The van der Waals surface area contributed by atoms with Crippen molar-refractivity contribution in [3.8, 4) is 12.3 Å². The Morgan fingerprint density at radius 3 is 2.84 bits per heavy atom. The van der Waals surface area contributed by atoms with Crippen molar-refractivity contribution in [1.82, 2.24) is 8.87 Å². The normalized spacial score (nSPS) is 18.0. The van der Waals surface area contributed by atoms with Gasteiger partial charge in [0.05, 0.1) is 21.7 Å². The van der Waals surface area contributed by atoms with Crippen LogP contribution in [-0.2, 0) is 21.4 Å². The molecule has 1 amide bonds. The number of carbonyl (C=O) groups excluding carboxylic acids is 1. The van der Waals surface area contributed by atoms with Crippen molar-refractivity contribution >= 4 is 54.5 Å². The van der Waals surface area contributed by atoms with Gasteiger partial charge in [-0.05, 0) is 30.4 Å². The fourth-order valence-electron chi connectivity index (χ4n) is 3.64. The molecular formula is C20H18N4O5S3. The highest BCUT2D eigenvalue weighted by molar-refractivity contribution is 7.91. The number of nitro benzene ring substituents is 1. The Labute approximate surface area is 191 Å². The van der Waals surface area contributed by atoms with Gasteiger partial charge in [-0.15, -0.1) is 17.8 Å². The van der Waals surface area contributed by atoms with Gasteiger partial charge in [-0.1, -0.05) is 29.7 Å². The van der Waals surface area contributed by atoms with Crippen LogP contribution in [0.15, 0.2) is 44.9 Å². The summed E-state index contributed by atoms with van der Waals surface area (Å²) in [7, 11) is -3.80. The Balaban J connectivity index is 1.77. The molecule has 3 aromatic rings. The SMILES string of the molecule is C#CCn1c(=NC(=O)C2CCCCN2S(=O)(=O)c2cccs2)sc2cc([N+](=O)[O-])ccc21. The van der Waals surface area contributed by atoms with Crippen LogP contribution in [0, 0.1) is 22.5 Å². The number of benzene rings is 1. The molecule has 0 N–H and O–H groups in total. The Morgan fingerprint density at radius 1 is 1.34 bits per heavy atom. The van der Waals surface area contributed by atoms with Crippen molar-refractivity contribution in [3.63, 3.8) is 0 Å². The van der Waals surface area contributed by atoms with Crippen LogP contribution < -0.4 is 4.80 Å². The third-order valence-electron chi connectivity index (χ3n) is 5.13. The second kappa shape index (κ2) is 8.95. The average molecular weight is 491 g/mol. The standard InChI is InChI=1S/C20H18N4O5S3/c1-2-10-22-15-9-8-14(24(26)27)13-17(15)31-20(22)21-19(25)16-6-3-4-11-23(16)32(28,29)18-7-5-12-30-18/h1,5,7-9,12-13,16H,3-4,6,10-11H2. The van der Waals surface area contributed by atoms with E-state index in [1.165, 1.54) is 22.5 Å². The summed E-state index contributed by atoms with van der Waals surface area (Å²) in [6.07, 6.45) is 7.23. The smallest absolute Gasteiger partial charge is 0.270 e. The largest absolute Gasteiger partial charge is 0.305 e. The van der Waals surface area contributed by atoms with Crippen LogP contribution in [0.5, 0.6) is 0 Å². The minimum absolute atomic E-state index is 0.0787. The van der Waals surface area contributed by atoms with E-state index in [0.717, 1.165) is 22.7 Å². The second-order valence-corrected chi connectivity index (χ2v) is 11.2. The molecule has 166 valence electrons. The fraction of sp³-hybridized carbons (Fsp3) is 0.300. The summed E-state index contributed by atoms with van der Waals surface area (Å²) in [4.78, 5) is 28.3. The summed E-state index contributed by atoms with van der Waals surface area (Å²) in [5.74, 6) is 1.93. The lowest BCUT2D eigenvalue weighted by Gasteiger charge is -2.31. The number of terminal acetylenes is 1. The lowest BCUT2D eigenvalue weighted by Crippen LogP contribution is -2.47. The molecule has 1 aliphatic heterocycles. The molecule has 0 aliphatic carbocycles. The third kappa shape index (κ3) is 4.12. The molecule has 1 saturated heterocycles. The molecule has 1 aliphatic rings. The number of thiophene rings is 1. The molecule has 2 aromatic heterocycles. The van der Waals surface area contributed by atoms with Crippen LogP contribution in [0.3, 0.4) is 0 Å². The first-order chi connectivity index (χ1) is 15.3. The number of thiazole rings is 1. The lowest BCUT2D eigenvalue weighted by molar-refractivity contribution is -0.384. The molecule has 1 fully saturated rings. The Kier molecular flexibility index (Phi) is 6.25. The number of piperidine rings is 1. The van der Waals surface area contributed by atoms with E-state index in [9.17, 15) is 23.3 Å². The lowest BCUT2D eigenvalue weighted by atomic mass is 10.0. The Bertz CT molecular complexity index is 1400. The number of carbonyl (C=O) groups is 1.